The van der Waals surface area contributed by atoms with E-state index in [1.165, 1.54) is 0 Å². The average Bonchev–Trinajstić information content (AvgIpc) is 2.33. The Hall–Kier alpha value is -1.43. The first-order chi connectivity index (χ1) is 5.70. The van der Waals surface area contributed by atoms with Crippen LogP contribution in [0.15, 0.2) is 0 Å². The van der Waals surface area contributed by atoms with E-state index in [2.05, 4.69) is 11.1 Å². The smallest absolute Gasteiger partial charge is 0.195 e. The van der Waals surface area contributed by atoms with Crippen LogP contribution in [0.2, 0.25) is 0 Å². The van der Waals surface area contributed by atoms with Crippen molar-refractivity contribution in [1.29, 1.82) is 5.26 Å². The molecule has 0 unspecified atom stereocenters. The Morgan fingerprint density at radius 1 is 1.42 bits per heavy atom. The van der Waals surface area contributed by atoms with E-state index >= 15 is 0 Å². The molecule has 0 fully saturated rings. The van der Waals surface area contributed by atoms with E-state index < -0.39 is 0 Å². The third-order valence-electron chi connectivity index (χ3n) is 1.92. The molecule has 0 bridgehead atoms. The van der Waals surface area contributed by atoms with Gasteiger partial charge in [0.25, 0.3) is 0 Å². The molecular weight excluding hydrogens is 152 g/mol. The highest BCUT2D eigenvalue weighted by molar-refractivity contribution is 5.44. The Labute approximate surface area is 72.0 Å². The van der Waals surface area contributed by atoms with Crippen LogP contribution in [0.4, 0.5) is 0 Å². The van der Waals surface area contributed by atoms with Crippen molar-refractivity contribution in [1.82, 2.24) is 4.98 Å². The quantitative estimate of drug-likeness (QED) is 0.725. The summed E-state index contributed by atoms with van der Waals surface area (Å²) in [5.41, 5.74) is 2.59. The molecule has 0 saturated heterocycles. The lowest BCUT2D eigenvalue weighted by atomic mass is 10.2. The molecule has 64 valence electrons. The molecule has 12 heavy (non-hydrogen) atoms. The molecule has 0 aliphatic carbocycles. The zero-order chi connectivity index (χ0) is 9.14. The molecule has 0 radical (unpaired) electrons. The molecule has 0 saturated carbocycles. The summed E-state index contributed by atoms with van der Waals surface area (Å²) >= 11 is 0. The molecule has 1 rings (SSSR count). The number of nitriles is 1. The van der Waals surface area contributed by atoms with Gasteiger partial charge in [-0.2, -0.15) is 5.26 Å². The van der Waals surface area contributed by atoms with Crippen molar-refractivity contribution in [2.24, 2.45) is 0 Å². The van der Waals surface area contributed by atoms with Crippen LogP contribution in [0.3, 0.4) is 0 Å². The Bertz CT molecular complexity index is 320. The Morgan fingerprint density at radius 2 is 2.08 bits per heavy atom. The van der Waals surface area contributed by atoms with E-state index in [-0.39, 0.29) is 0 Å². The van der Waals surface area contributed by atoms with Crippen molar-refractivity contribution < 1.29 is 4.74 Å². The van der Waals surface area contributed by atoms with Gasteiger partial charge in [-0.3, -0.25) is 0 Å². The fourth-order valence-corrected chi connectivity index (χ4v) is 1.06. The normalized spacial score (nSPS) is 9.50. The van der Waals surface area contributed by atoms with Gasteiger partial charge in [0.2, 0.25) is 0 Å². The lowest BCUT2D eigenvalue weighted by Gasteiger charge is -1.99. The minimum absolute atomic E-state index is 0.593. The van der Waals surface area contributed by atoms with Gasteiger partial charge in [0.05, 0.1) is 6.61 Å². The molecule has 1 heterocycles. The fraction of sp³-hybridized carbons (Fsp3) is 0.444. The molecular formula is C9H12N2O. The second-order valence-corrected chi connectivity index (χ2v) is 2.62. The average molecular weight is 164 g/mol. The van der Waals surface area contributed by atoms with Crippen LogP contribution in [0.5, 0.6) is 5.88 Å². The van der Waals surface area contributed by atoms with Crippen LogP contribution in [0.25, 0.3) is 0 Å². The number of H-pyrrole nitrogens is 1. The lowest BCUT2D eigenvalue weighted by molar-refractivity contribution is 0.326. The van der Waals surface area contributed by atoms with Crippen LogP contribution in [0, 0.1) is 25.2 Å². The van der Waals surface area contributed by atoms with Crippen molar-refractivity contribution >= 4 is 0 Å². The molecule has 1 N–H and O–H groups in total. The van der Waals surface area contributed by atoms with Crippen LogP contribution >= 0.6 is 0 Å². The highest BCUT2D eigenvalue weighted by Gasteiger charge is 2.09. The summed E-state index contributed by atoms with van der Waals surface area (Å²) in [4.78, 5) is 2.92. The van der Waals surface area contributed by atoms with Crippen molar-refractivity contribution in [2.45, 2.75) is 20.8 Å². The van der Waals surface area contributed by atoms with Crippen molar-refractivity contribution in [3.63, 3.8) is 0 Å². The molecule has 0 aliphatic rings. The molecule has 0 aliphatic heterocycles. The van der Waals surface area contributed by atoms with Gasteiger partial charge in [-0.1, -0.05) is 0 Å². The highest BCUT2D eigenvalue weighted by atomic mass is 16.5. The minimum Gasteiger partial charge on any atom is -0.479 e. The van der Waals surface area contributed by atoms with E-state index in [1.54, 1.807) is 0 Å². The molecule has 0 spiro atoms. The number of rotatable bonds is 2. The van der Waals surface area contributed by atoms with Gasteiger partial charge in [-0.05, 0) is 26.3 Å². The molecule has 1 aromatic heterocycles. The number of hydrogen-bond donors (Lipinski definition) is 1. The van der Waals surface area contributed by atoms with E-state index in [1.807, 2.05) is 20.8 Å². The van der Waals surface area contributed by atoms with Gasteiger partial charge in [0.15, 0.2) is 5.88 Å². The van der Waals surface area contributed by atoms with Gasteiger partial charge in [-0.15, -0.1) is 0 Å². The summed E-state index contributed by atoms with van der Waals surface area (Å²) in [5, 5.41) is 8.69. The maximum Gasteiger partial charge on any atom is 0.195 e. The summed E-state index contributed by atoms with van der Waals surface area (Å²) in [7, 11) is 0. The third kappa shape index (κ3) is 1.28. The van der Waals surface area contributed by atoms with E-state index in [0.29, 0.717) is 18.2 Å². The van der Waals surface area contributed by atoms with Crippen molar-refractivity contribution in [3.8, 4) is 11.9 Å². The number of ether oxygens (including phenoxy) is 1. The van der Waals surface area contributed by atoms with Crippen molar-refractivity contribution in [2.75, 3.05) is 6.61 Å². The fourth-order valence-electron chi connectivity index (χ4n) is 1.06. The Balaban J connectivity index is 3.09. The Morgan fingerprint density at radius 3 is 2.50 bits per heavy atom. The number of nitrogens with one attached hydrogen (secondary N) is 1. The standard InChI is InChI=1S/C9H12N2O/c1-4-12-9-7(3)6(2)8(5-10)11-9/h11H,4H2,1-3H3. The first kappa shape index (κ1) is 8.66. The summed E-state index contributed by atoms with van der Waals surface area (Å²) < 4.78 is 5.29. The summed E-state index contributed by atoms with van der Waals surface area (Å²) in [6.07, 6.45) is 0. The van der Waals surface area contributed by atoms with E-state index in [4.69, 9.17) is 10.00 Å². The third-order valence-corrected chi connectivity index (χ3v) is 1.92. The molecule has 3 nitrogen and oxygen atoms in total. The molecule has 1 aromatic rings. The Kier molecular flexibility index (Phi) is 2.39. The van der Waals surface area contributed by atoms with Crippen molar-refractivity contribution in [3.05, 3.63) is 16.8 Å². The topological polar surface area (TPSA) is 48.8 Å². The highest BCUT2D eigenvalue weighted by Crippen LogP contribution is 2.22. The van der Waals surface area contributed by atoms with Gasteiger partial charge >= 0.3 is 0 Å². The maximum atomic E-state index is 8.69. The molecule has 0 aromatic carbocycles. The van der Waals surface area contributed by atoms with Gasteiger partial charge < -0.3 is 9.72 Å². The monoisotopic (exact) mass is 164 g/mol. The van der Waals surface area contributed by atoms with Crippen LogP contribution in [0.1, 0.15) is 23.7 Å². The predicted molar refractivity (Wildman–Crippen MR) is 46.2 cm³/mol. The predicted octanol–water partition coefficient (Wildman–Crippen LogP) is 1.90. The first-order valence-corrected chi connectivity index (χ1v) is 3.92. The first-order valence-electron chi connectivity index (χ1n) is 3.92. The molecule has 3 heteroatoms. The summed E-state index contributed by atoms with van der Waals surface area (Å²) in [5.74, 6) is 0.714. The van der Waals surface area contributed by atoms with Crippen LogP contribution in [-0.2, 0) is 0 Å². The van der Waals surface area contributed by atoms with Gasteiger partial charge in [0, 0.05) is 5.56 Å². The number of aromatic nitrogens is 1. The van der Waals surface area contributed by atoms with Gasteiger partial charge in [0.1, 0.15) is 11.8 Å². The summed E-state index contributed by atoms with van der Waals surface area (Å²) in [6.45, 7) is 6.39. The lowest BCUT2D eigenvalue weighted by Crippen LogP contribution is -1.92. The SMILES string of the molecule is CCOc1[nH]c(C#N)c(C)c1C. The molecule has 0 amide bonds. The number of hydrogen-bond acceptors (Lipinski definition) is 2. The van der Waals surface area contributed by atoms with Crippen LogP contribution < -0.4 is 4.74 Å². The second kappa shape index (κ2) is 3.31. The zero-order valence-corrected chi connectivity index (χ0v) is 7.56. The van der Waals surface area contributed by atoms with Gasteiger partial charge in [-0.25, -0.2) is 0 Å². The minimum atomic E-state index is 0.593. The van der Waals surface area contributed by atoms with E-state index in [9.17, 15) is 0 Å². The second-order valence-electron chi connectivity index (χ2n) is 2.62. The zero-order valence-electron chi connectivity index (χ0n) is 7.56. The number of aromatic amines is 1. The number of nitrogens with zero attached hydrogens (tertiary/aromatic N) is 1. The summed E-state index contributed by atoms with van der Waals surface area (Å²) in [6, 6.07) is 2.08. The van der Waals surface area contributed by atoms with Crippen LogP contribution in [-0.4, -0.2) is 11.6 Å². The maximum absolute atomic E-state index is 8.69. The van der Waals surface area contributed by atoms with E-state index in [0.717, 1.165) is 11.1 Å². The molecule has 0 atom stereocenters. The largest absolute Gasteiger partial charge is 0.479 e.